The zero-order chi connectivity index (χ0) is 13.7. The van der Waals surface area contributed by atoms with Crippen LogP contribution in [0.3, 0.4) is 0 Å². The first-order chi connectivity index (χ1) is 9.24. The monoisotopic (exact) mass is 263 g/mol. The molecule has 1 aliphatic rings. The van der Waals surface area contributed by atoms with Crippen LogP contribution in [0.5, 0.6) is 0 Å². The summed E-state index contributed by atoms with van der Waals surface area (Å²) in [6.45, 7) is 2.33. The first-order valence-corrected chi connectivity index (χ1v) is 7.88. The van der Waals surface area contributed by atoms with E-state index in [1.54, 1.807) is 0 Å². The maximum atomic E-state index is 4.43. The molecule has 3 heteroatoms. The predicted octanol–water partition coefficient (Wildman–Crippen LogP) is 3.16. The number of rotatable bonds is 6. The highest BCUT2D eigenvalue weighted by atomic mass is 15.0. The second-order valence-electron chi connectivity index (χ2n) is 6.08. The van der Waals surface area contributed by atoms with Crippen LogP contribution in [0.1, 0.15) is 51.3 Å². The summed E-state index contributed by atoms with van der Waals surface area (Å²) in [6, 6.07) is 0.662. The van der Waals surface area contributed by atoms with Gasteiger partial charge in [-0.25, -0.2) is 4.98 Å². The van der Waals surface area contributed by atoms with Crippen LogP contribution < -0.4 is 5.32 Å². The molecule has 3 nitrogen and oxygen atoms in total. The standard InChI is InChI=1S/C16H29N3/c1-4-13-5-7-14(8-6-13)15(17-2)9-10-16-18-11-12-19(16)3/h11-15,17H,4-10H2,1-3H3. The molecule has 1 unspecified atom stereocenters. The Bertz CT molecular complexity index is 364. The van der Waals surface area contributed by atoms with Gasteiger partial charge in [0.05, 0.1) is 0 Å². The molecule has 0 saturated heterocycles. The molecule has 2 rings (SSSR count). The number of aryl methyl sites for hydroxylation is 2. The largest absolute Gasteiger partial charge is 0.338 e. The number of nitrogens with zero attached hydrogens (tertiary/aromatic N) is 2. The Morgan fingerprint density at radius 2 is 2.11 bits per heavy atom. The van der Waals surface area contributed by atoms with Crippen LogP contribution >= 0.6 is 0 Å². The Balaban J connectivity index is 1.82. The van der Waals surface area contributed by atoms with Crippen LogP contribution in [-0.4, -0.2) is 22.6 Å². The van der Waals surface area contributed by atoms with E-state index in [4.69, 9.17) is 0 Å². The molecule has 0 aliphatic heterocycles. The third-order valence-electron chi connectivity index (χ3n) is 5.01. The summed E-state index contributed by atoms with van der Waals surface area (Å²) >= 11 is 0. The van der Waals surface area contributed by atoms with Gasteiger partial charge in [-0.2, -0.15) is 0 Å². The fourth-order valence-electron chi connectivity index (χ4n) is 3.54. The molecule has 1 saturated carbocycles. The second kappa shape index (κ2) is 7.09. The Labute approximate surface area is 117 Å². The summed E-state index contributed by atoms with van der Waals surface area (Å²) in [6.07, 6.45) is 13.3. The van der Waals surface area contributed by atoms with Crippen molar-refractivity contribution < 1.29 is 0 Å². The van der Waals surface area contributed by atoms with Gasteiger partial charge in [0.15, 0.2) is 0 Å². The van der Waals surface area contributed by atoms with Gasteiger partial charge < -0.3 is 9.88 Å². The number of imidazole rings is 1. The minimum absolute atomic E-state index is 0.662. The summed E-state index contributed by atoms with van der Waals surface area (Å²) in [5.74, 6) is 3.07. The minimum atomic E-state index is 0.662. The lowest BCUT2D eigenvalue weighted by atomic mass is 9.76. The lowest BCUT2D eigenvalue weighted by Gasteiger charge is -2.33. The van der Waals surface area contributed by atoms with Gasteiger partial charge in [-0.1, -0.05) is 26.2 Å². The minimum Gasteiger partial charge on any atom is -0.338 e. The van der Waals surface area contributed by atoms with Crippen molar-refractivity contribution in [3.8, 4) is 0 Å². The molecule has 19 heavy (non-hydrogen) atoms. The van der Waals surface area contributed by atoms with Crippen molar-refractivity contribution in [3.63, 3.8) is 0 Å². The molecule has 1 aliphatic carbocycles. The SMILES string of the molecule is CCC1CCC(C(CCc2nccn2C)NC)CC1. The van der Waals surface area contributed by atoms with Crippen LogP contribution in [0.15, 0.2) is 12.4 Å². The number of hydrogen-bond acceptors (Lipinski definition) is 2. The highest BCUT2D eigenvalue weighted by molar-refractivity contribution is 4.93. The van der Waals surface area contributed by atoms with Gasteiger partial charge in [-0.3, -0.25) is 0 Å². The van der Waals surface area contributed by atoms with Crippen LogP contribution in [0.25, 0.3) is 0 Å². The summed E-state index contributed by atoms with van der Waals surface area (Å²) in [5.41, 5.74) is 0. The van der Waals surface area contributed by atoms with Crippen molar-refractivity contribution in [2.75, 3.05) is 7.05 Å². The lowest BCUT2D eigenvalue weighted by molar-refractivity contribution is 0.216. The highest BCUT2D eigenvalue weighted by Crippen LogP contribution is 2.33. The van der Waals surface area contributed by atoms with Gasteiger partial charge in [0.25, 0.3) is 0 Å². The third-order valence-corrected chi connectivity index (χ3v) is 5.01. The van der Waals surface area contributed by atoms with Gasteiger partial charge in [0, 0.05) is 31.9 Å². The molecular formula is C16H29N3. The Hall–Kier alpha value is -0.830. The van der Waals surface area contributed by atoms with E-state index in [1.165, 1.54) is 44.3 Å². The second-order valence-corrected chi connectivity index (χ2v) is 6.08. The summed E-state index contributed by atoms with van der Waals surface area (Å²) in [4.78, 5) is 4.43. The van der Waals surface area contributed by atoms with E-state index in [1.807, 2.05) is 12.4 Å². The summed E-state index contributed by atoms with van der Waals surface area (Å²) in [7, 11) is 4.21. The first-order valence-electron chi connectivity index (χ1n) is 7.88. The van der Waals surface area contributed by atoms with Crippen LogP contribution in [0.2, 0.25) is 0 Å². The van der Waals surface area contributed by atoms with E-state index in [2.05, 4.69) is 35.9 Å². The van der Waals surface area contributed by atoms with Crippen LogP contribution in [-0.2, 0) is 13.5 Å². The van der Waals surface area contributed by atoms with Gasteiger partial charge in [0.1, 0.15) is 5.82 Å². The Morgan fingerprint density at radius 3 is 2.63 bits per heavy atom. The quantitative estimate of drug-likeness (QED) is 0.854. The van der Waals surface area contributed by atoms with Crippen molar-refractivity contribution in [2.24, 2.45) is 18.9 Å². The van der Waals surface area contributed by atoms with E-state index in [-0.39, 0.29) is 0 Å². The molecule has 0 aromatic carbocycles. The molecule has 1 aromatic rings. The van der Waals surface area contributed by atoms with E-state index < -0.39 is 0 Å². The van der Waals surface area contributed by atoms with Gasteiger partial charge in [-0.15, -0.1) is 0 Å². The van der Waals surface area contributed by atoms with Gasteiger partial charge in [-0.05, 0) is 38.1 Å². The highest BCUT2D eigenvalue weighted by Gasteiger charge is 2.26. The van der Waals surface area contributed by atoms with E-state index in [0.717, 1.165) is 18.3 Å². The molecule has 0 bridgehead atoms. The van der Waals surface area contributed by atoms with E-state index >= 15 is 0 Å². The van der Waals surface area contributed by atoms with Crippen LogP contribution in [0, 0.1) is 11.8 Å². The molecule has 1 atom stereocenters. The number of hydrogen-bond donors (Lipinski definition) is 1. The molecule has 0 spiro atoms. The summed E-state index contributed by atoms with van der Waals surface area (Å²) < 4.78 is 2.14. The molecular weight excluding hydrogens is 234 g/mol. The maximum Gasteiger partial charge on any atom is 0.108 e. The average molecular weight is 263 g/mol. The Morgan fingerprint density at radius 1 is 1.37 bits per heavy atom. The zero-order valence-corrected chi connectivity index (χ0v) is 12.7. The molecule has 1 fully saturated rings. The molecule has 108 valence electrons. The van der Waals surface area contributed by atoms with E-state index in [0.29, 0.717) is 6.04 Å². The van der Waals surface area contributed by atoms with Crippen molar-refractivity contribution in [2.45, 2.75) is 57.9 Å². The number of nitrogens with one attached hydrogen (secondary N) is 1. The fraction of sp³-hybridized carbons (Fsp3) is 0.812. The molecule has 0 amide bonds. The number of aromatic nitrogens is 2. The van der Waals surface area contributed by atoms with Crippen LogP contribution in [0.4, 0.5) is 0 Å². The normalized spacial score (nSPS) is 25.4. The third kappa shape index (κ3) is 3.82. The Kier molecular flexibility index (Phi) is 5.44. The van der Waals surface area contributed by atoms with Crippen molar-refractivity contribution in [3.05, 3.63) is 18.2 Å². The predicted molar refractivity (Wildman–Crippen MR) is 80.1 cm³/mol. The fourth-order valence-corrected chi connectivity index (χ4v) is 3.54. The molecule has 1 aromatic heterocycles. The smallest absolute Gasteiger partial charge is 0.108 e. The van der Waals surface area contributed by atoms with Gasteiger partial charge >= 0.3 is 0 Å². The molecule has 0 radical (unpaired) electrons. The first kappa shape index (κ1) is 14.6. The van der Waals surface area contributed by atoms with Gasteiger partial charge in [0.2, 0.25) is 0 Å². The molecule has 1 N–H and O–H groups in total. The maximum absolute atomic E-state index is 4.43. The topological polar surface area (TPSA) is 29.9 Å². The lowest BCUT2D eigenvalue weighted by Crippen LogP contribution is -2.36. The molecule has 1 heterocycles. The average Bonchev–Trinajstić information content (AvgIpc) is 2.86. The summed E-state index contributed by atoms with van der Waals surface area (Å²) in [5, 5.41) is 3.55. The van der Waals surface area contributed by atoms with Crippen molar-refractivity contribution in [1.29, 1.82) is 0 Å². The zero-order valence-electron chi connectivity index (χ0n) is 12.7. The van der Waals surface area contributed by atoms with Crippen molar-refractivity contribution >= 4 is 0 Å². The van der Waals surface area contributed by atoms with E-state index in [9.17, 15) is 0 Å². The van der Waals surface area contributed by atoms with Crippen molar-refractivity contribution in [1.82, 2.24) is 14.9 Å².